The number of hydrogen-bond acceptors (Lipinski definition) is 3. The Kier molecular flexibility index (Phi) is 4.45. The van der Waals surface area contributed by atoms with Crippen LogP contribution in [-0.2, 0) is 16.6 Å². The largest absolute Gasteiger partial charge is 0.495 e. The van der Waals surface area contributed by atoms with Gasteiger partial charge in [-0.25, -0.2) is 0 Å². The predicted octanol–water partition coefficient (Wildman–Crippen LogP) is 3.24. The van der Waals surface area contributed by atoms with Gasteiger partial charge in [0.05, 0.1) is 28.6 Å². The summed E-state index contributed by atoms with van der Waals surface area (Å²) in [6.07, 6.45) is 0. The second-order valence-corrected chi connectivity index (χ2v) is 5.84. The molecule has 19 heavy (non-hydrogen) atoms. The maximum Gasteiger partial charge on any atom is 0.134 e. The number of nitrogen functional groups attached to an aromatic ring is 1. The van der Waals surface area contributed by atoms with Crippen LogP contribution in [0.3, 0.4) is 0 Å². The first-order chi connectivity index (χ1) is 9.11. The molecule has 0 radical (unpaired) electrons. The van der Waals surface area contributed by atoms with Crippen LogP contribution in [0.5, 0.6) is 5.75 Å². The molecule has 1 atom stereocenters. The van der Waals surface area contributed by atoms with Crippen LogP contribution in [0.2, 0.25) is 5.02 Å². The molecule has 0 saturated carbocycles. The standard InChI is InChI=1S/C14H14ClNO2S/c1-18-13-4-2-3-5-14(13)19(17)9-10-8-11(15)6-7-12(10)16/h2-8H,9,16H2,1H3. The third-order valence-electron chi connectivity index (χ3n) is 2.71. The van der Waals surface area contributed by atoms with Crippen molar-refractivity contribution in [3.8, 4) is 5.75 Å². The summed E-state index contributed by atoms with van der Waals surface area (Å²) in [4.78, 5) is 0.657. The number of rotatable bonds is 4. The molecule has 100 valence electrons. The minimum absolute atomic E-state index is 0.312. The van der Waals surface area contributed by atoms with Crippen LogP contribution in [0.25, 0.3) is 0 Å². The predicted molar refractivity (Wildman–Crippen MR) is 79.0 cm³/mol. The summed E-state index contributed by atoms with van der Waals surface area (Å²) in [7, 11) is 0.331. The van der Waals surface area contributed by atoms with Crippen LogP contribution >= 0.6 is 11.6 Å². The highest BCUT2D eigenvalue weighted by Crippen LogP contribution is 2.26. The van der Waals surface area contributed by atoms with Crippen molar-refractivity contribution in [2.24, 2.45) is 0 Å². The fraction of sp³-hybridized carbons (Fsp3) is 0.143. The quantitative estimate of drug-likeness (QED) is 0.881. The lowest BCUT2D eigenvalue weighted by molar-refractivity contribution is 0.404. The number of para-hydroxylation sites is 1. The van der Waals surface area contributed by atoms with Gasteiger partial charge in [0.2, 0.25) is 0 Å². The van der Waals surface area contributed by atoms with Gasteiger partial charge < -0.3 is 10.5 Å². The zero-order valence-corrected chi connectivity index (χ0v) is 12.0. The molecule has 2 aromatic rings. The molecule has 3 nitrogen and oxygen atoms in total. The summed E-state index contributed by atoms with van der Waals surface area (Å²) >= 11 is 5.93. The molecule has 0 aliphatic carbocycles. The van der Waals surface area contributed by atoms with Gasteiger partial charge in [-0.15, -0.1) is 0 Å². The van der Waals surface area contributed by atoms with Gasteiger partial charge in [-0.1, -0.05) is 23.7 Å². The van der Waals surface area contributed by atoms with Gasteiger partial charge in [-0.2, -0.15) is 0 Å². The van der Waals surface area contributed by atoms with E-state index in [4.69, 9.17) is 22.1 Å². The highest BCUT2D eigenvalue weighted by Gasteiger charge is 2.12. The SMILES string of the molecule is COc1ccccc1S(=O)Cc1cc(Cl)ccc1N. The number of nitrogens with two attached hydrogens (primary N) is 1. The molecule has 0 aliphatic rings. The highest BCUT2D eigenvalue weighted by molar-refractivity contribution is 7.84. The summed E-state index contributed by atoms with van der Waals surface area (Å²) in [5, 5.41) is 0.584. The van der Waals surface area contributed by atoms with E-state index in [2.05, 4.69) is 0 Å². The molecular formula is C14H14ClNO2S. The molecule has 0 saturated heterocycles. The number of hydrogen-bond donors (Lipinski definition) is 1. The molecule has 0 bridgehead atoms. The van der Waals surface area contributed by atoms with Crippen molar-refractivity contribution in [1.29, 1.82) is 0 Å². The third-order valence-corrected chi connectivity index (χ3v) is 4.34. The average Bonchev–Trinajstić information content (AvgIpc) is 2.42. The minimum atomic E-state index is -1.23. The molecule has 2 aromatic carbocycles. The van der Waals surface area contributed by atoms with Gasteiger partial charge in [0.15, 0.2) is 0 Å². The van der Waals surface area contributed by atoms with Crippen molar-refractivity contribution in [2.45, 2.75) is 10.6 Å². The van der Waals surface area contributed by atoms with Gasteiger partial charge in [0.25, 0.3) is 0 Å². The van der Waals surface area contributed by atoms with Crippen LogP contribution in [-0.4, -0.2) is 11.3 Å². The van der Waals surface area contributed by atoms with Crippen LogP contribution in [0.15, 0.2) is 47.4 Å². The Morgan fingerprint density at radius 3 is 2.74 bits per heavy atom. The van der Waals surface area contributed by atoms with Gasteiger partial charge in [-0.05, 0) is 35.9 Å². The van der Waals surface area contributed by atoms with E-state index in [0.717, 1.165) is 5.56 Å². The van der Waals surface area contributed by atoms with Crippen molar-refractivity contribution in [1.82, 2.24) is 0 Å². The molecule has 1 unspecified atom stereocenters. The number of benzene rings is 2. The van der Waals surface area contributed by atoms with Crippen molar-refractivity contribution in [3.63, 3.8) is 0 Å². The molecule has 0 heterocycles. The van der Waals surface area contributed by atoms with E-state index < -0.39 is 10.8 Å². The summed E-state index contributed by atoms with van der Waals surface area (Å²) < 4.78 is 17.6. The summed E-state index contributed by atoms with van der Waals surface area (Å²) in [6, 6.07) is 12.4. The Hall–Kier alpha value is -1.52. The number of anilines is 1. The zero-order valence-electron chi connectivity index (χ0n) is 10.4. The van der Waals surface area contributed by atoms with Crippen molar-refractivity contribution in [2.75, 3.05) is 12.8 Å². The monoisotopic (exact) mass is 295 g/mol. The van der Waals surface area contributed by atoms with E-state index in [1.54, 1.807) is 37.4 Å². The lowest BCUT2D eigenvalue weighted by Gasteiger charge is -2.09. The van der Waals surface area contributed by atoms with Crippen molar-refractivity contribution < 1.29 is 8.95 Å². The Balaban J connectivity index is 2.28. The van der Waals surface area contributed by atoms with E-state index in [-0.39, 0.29) is 0 Å². The van der Waals surface area contributed by atoms with Crippen LogP contribution < -0.4 is 10.5 Å². The number of ether oxygens (including phenoxy) is 1. The van der Waals surface area contributed by atoms with Gasteiger partial charge in [0.1, 0.15) is 5.75 Å². The molecular weight excluding hydrogens is 282 g/mol. The van der Waals surface area contributed by atoms with E-state index in [9.17, 15) is 4.21 Å². The Bertz CT molecular complexity index is 616. The topological polar surface area (TPSA) is 52.3 Å². The van der Waals surface area contributed by atoms with Crippen LogP contribution in [0, 0.1) is 0 Å². The Labute approximate surface area is 119 Å². The molecule has 0 fully saturated rings. The highest BCUT2D eigenvalue weighted by atomic mass is 35.5. The second kappa shape index (κ2) is 6.08. The van der Waals surface area contributed by atoms with E-state index in [1.807, 2.05) is 12.1 Å². The van der Waals surface area contributed by atoms with Crippen molar-refractivity contribution in [3.05, 3.63) is 53.1 Å². The molecule has 0 amide bonds. The Morgan fingerprint density at radius 2 is 2.00 bits per heavy atom. The first-order valence-electron chi connectivity index (χ1n) is 5.67. The zero-order chi connectivity index (χ0) is 13.8. The molecule has 0 spiro atoms. The number of halogens is 1. The first-order valence-corrected chi connectivity index (χ1v) is 7.37. The normalized spacial score (nSPS) is 12.1. The van der Waals surface area contributed by atoms with Gasteiger partial charge in [-0.3, -0.25) is 4.21 Å². The van der Waals surface area contributed by atoms with E-state index in [1.165, 1.54) is 0 Å². The maximum atomic E-state index is 12.4. The smallest absolute Gasteiger partial charge is 0.134 e. The van der Waals surface area contributed by atoms with Gasteiger partial charge in [0, 0.05) is 10.7 Å². The Morgan fingerprint density at radius 1 is 1.26 bits per heavy atom. The average molecular weight is 296 g/mol. The van der Waals surface area contributed by atoms with Crippen LogP contribution in [0.1, 0.15) is 5.56 Å². The molecule has 2 rings (SSSR count). The van der Waals surface area contributed by atoms with E-state index in [0.29, 0.717) is 27.1 Å². The molecule has 2 N–H and O–H groups in total. The van der Waals surface area contributed by atoms with E-state index >= 15 is 0 Å². The van der Waals surface area contributed by atoms with Crippen molar-refractivity contribution >= 4 is 28.1 Å². The fourth-order valence-electron chi connectivity index (χ4n) is 1.73. The lowest BCUT2D eigenvalue weighted by Crippen LogP contribution is -2.02. The summed E-state index contributed by atoms with van der Waals surface area (Å²) in [5.74, 6) is 0.925. The summed E-state index contributed by atoms with van der Waals surface area (Å²) in [6.45, 7) is 0. The maximum absolute atomic E-state index is 12.4. The molecule has 0 aliphatic heterocycles. The number of methoxy groups -OCH3 is 1. The fourth-order valence-corrected chi connectivity index (χ4v) is 3.21. The molecule has 5 heteroatoms. The lowest BCUT2D eigenvalue weighted by atomic mass is 10.2. The van der Waals surface area contributed by atoms with Crippen LogP contribution in [0.4, 0.5) is 5.69 Å². The van der Waals surface area contributed by atoms with Gasteiger partial charge >= 0.3 is 0 Å². The third kappa shape index (κ3) is 3.28. The minimum Gasteiger partial charge on any atom is -0.495 e. The first kappa shape index (κ1) is 13.9. The second-order valence-electron chi connectivity index (χ2n) is 3.98. The summed E-state index contributed by atoms with van der Waals surface area (Å²) in [5.41, 5.74) is 7.23. The molecule has 0 aromatic heterocycles.